The van der Waals surface area contributed by atoms with Crippen LogP contribution >= 0.6 is 22.7 Å². The smallest absolute Gasteiger partial charge is 0.475 e. The third-order valence-electron chi connectivity index (χ3n) is 1.34. The summed E-state index contributed by atoms with van der Waals surface area (Å²) in [5, 5.41) is 8.78. The summed E-state index contributed by atoms with van der Waals surface area (Å²) in [5.41, 5.74) is 5.46. The van der Waals surface area contributed by atoms with Crippen LogP contribution in [0.2, 0.25) is 0 Å². The van der Waals surface area contributed by atoms with Crippen molar-refractivity contribution in [2.45, 2.75) is 13.1 Å². The SMILES string of the molecule is Cc1nc2sc(N)nc2s1.O=C(O)C(F)(F)F. The van der Waals surface area contributed by atoms with Gasteiger partial charge in [-0.3, -0.25) is 0 Å². The second-order valence-electron chi connectivity index (χ2n) is 2.70. The van der Waals surface area contributed by atoms with E-state index in [1.807, 2.05) is 6.92 Å². The Bertz CT molecular complexity index is 471. The van der Waals surface area contributed by atoms with Crippen molar-refractivity contribution < 1.29 is 23.1 Å². The lowest BCUT2D eigenvalue weighted by Crippen LogP contribution is -2.21. The highest BCUT2D eigenvalue weighted by atomic mass is 32.1. The van der Waals surface area contributed by atoms with Gasteiger partial charge in [-0.25, -0.2) is 14.8 Å². The quantitative estimate of drug-likeness (QED) is 0.775. The molecular weight excluding hydrogens is 279 g/mol. The van der Waals surface area contributed by atoms with Crippen molar-refractivity contribution in [3.05, 3.63) is 5.01 Å². The van der Waals surface area contributed by atoms with E-state index in [0.29, 0.717) is 5.13 Å². The summed E-state index contributed by atoms with van der Waals surface area (Å²) in [5.74, 6) is -2.76. The molecule has 0 fully saturated rings. The Labute approximate surface area is 101 Å². The Balaban J connectivity index is 0.000000185. The first-order chi connectivity index (χ1) is 7.70. The lowest BCUT2D eigenvalue weighted by atomic mass is 10.7. The van der Waals surface area contributed by atoms with Crippen molar-refractivity contribution in [2.75, 3.05) is 5.73 Å². The fraction of sp³-hybridized carbons (Fsp3) is 0.286. The number of halogens is 3. The molecule has 0 bridgehead atoms. The summed E-state index contributed by atoms with van der Waals surface area (Å²) in [4.78, 5) is 19.1. The minimum absolute atomic E-state index is 0.605. The van der Waals surface area contributed by atoms with Gasteiger partial charge in [-0.15, -0.1) is 0 Å². The molecule has 2 heterocycles. The minimum Gasteiger partial charge on any atom is -0.475 e. The lowest BCUT2D eigenvalue weighted by Gasteiger charge is -1.93. The predicted molar refractivity (Wildman–Crippen MR) is 58.1 cm³/mol. The Kier molecular flexibility index (Phi) is 3.88. The third kappa shape index (κ3) is 3.82. The van der Waals surface area contributed by atoms with Gasteiger partial charge in [0.15, 0.2) is 14.8 Å². The zero-order chi connectivity index (χ0) is 13.2. The van der Waals surface area contributed by atoms with Crippen LogP contribution in [0, 0.1) is 6.92 Å². The molecule has 2 rings (SSSR count). The molecule has 0 aliphatic heterocycles. The van der Waals surface area contributed by atoms with E-state index in [4.69, 9.17) is 15.6 Å². The van der Waals surface area contributed by atoms with E-state index in [1.54, 1.807) is 11.3 Å². The first-order valence-electron chi connectivity index (χ1n) is 3.99. The van der Waals surface area contributed by atoms with Crippen LogP contribution in [0.15, 0.2) is 0 Å². The van der Waals surface area contributed by atoms with E-state index in [-0.39, 0.29) is 0 Å². The van der Waals surface area contributed by atoms with E-state index >= 15 is 0 Å². The maximum absolute atomic E-state index is 10.6. The van der Waals surface area contributed by atoms with Crippen LogP contribution in [0.5, 0.6) is 0 Å². The molecule has 0 aromatic carbocycles. The Morgan fingerprint density at radius 3 is 2.18 bits per heavy atom. The topological polar surface area (TPSA) is 89.1 Å². The molecule has 3 N–H and O–H groups in total. The van der Waals surface area contributed by atoms with Crippen molar-refractivity contribution >= 4 is 43.4 Å². The zero-order valence-electron chi connectivity index (χ0n) is 8.28. The number of nitrogens with zero attached hydrogens (tertiary/aromatic N) is 2. The fourth-order valence-electron chi connectivity index (χ4n) is 0.756. The second-order valence-corrected chi connectivity index (χ2v) is 4.89. The Morgan fingerprint density at radius 2 is 1.76 bits per heavy atom. The van der Waals surface area contributed by atoms with Crippen molar-refractivity contribution in [1.82, 2.24) is 9.97 Å². The lowest BCUT2D eigenvalue weighted by molar-refractivity contribution is -0.192. The Hall–Kier alpha value is -1.42. The number of nitrogen functional groups attached to an aromatic ring is 1. The van der Waals surface area contributed by atoms with Gasteiger partial charge >= 0.3 is 12.1 Å². The van der Waals surface area contributed by atoms with Crippen LogP contribution in [-0.4, -0.2) is 27.2 Å². The number of anilines is 1. The van der Waals surface area contributed by atoms with E-state index in [2.05, 4.69) is 9.97 Å². The molecule has 0 aliphatic rings. The highest BCUT2D eigenvalue weighted by Crippen LogP contribution is 2.27. The fourth-order valence-corrected chi connectivity index (χ4v) is 2.47. The number of aliphatic carboxylic acids is 1. The number of aromatic nitrogens is 2. The van der Waals surface area contributed by atoms with E-state index < -0.39 is 12.1 Å². The molecule has 94 valence electrons. The third-order valence-corrected chi connectivity index (χ3v) is 3.11. The summed E-state index contributed by atoms with van der Waals surface area (Å²) in [6.07, 6.45) is -5.08. The molecular formula is C7H6F3N3O2S2. The van der Waals surface area contributed by atoms with Gasteiger partial charge in [0.05, 0.1) is 5.01 Å². The number of nitrogens with two attached hydrogens (primary N) is 1. The number of carboxylic acids is 1. The van der Waals surface area contributed by atoms with Crippen LogP contribution < -0.4 is 5.73 Å². The largest absolute Gasteiger partial charge is 0.490 e. The number of alkyl halides is 3. The molecule has 2 aromatic rings. The van der Waals surface area contributed by atoms with Gasteiger partial charge in [-0.1, -0.05) is 22.7 Å². The maximum Gasteiger partial charge on any atom is 0.490 e. The van der Waals surface area contributed by atoms with Gasteiger partial charge in [-0.05, 0) is 6.92 Å². The maximum atomic E-state index is 10.6. The first-order valence-corrected chi connectivity index (χ1v) is 5.63. The molecule has 17 heavy (non-hydrogen) atoms. The molecule has 0 amide bonds. The number of thiazole rings is 2. The van der Waals surface area contributed by atoms with Crippen LogP contribution in [0.25, 0.3) is 9.66 Å². The van der Waals surface area contributed by atoms with Gasteiger partial charge < -0.3 is 10.8 Å². The van der Waals surface area contributed by atoms with E-state index in [1.165, 1.54) is 11.3 Å². The molecule has 0 atom stereocenters. The van der Waals surface area contributed by atoms with E-state index in [9.17, 15) is 13.2 Å². The van der Waals surface area contributed by atoms with Crippen molar-refractivity contribution in [3.63, 3.8) is 0 Å². The first kappa shape index (κ1) is 13.6. The highest BCUT2D eigenvalue weighted by molar-refractivity contribution is 7.28. The van der Waals surface area contributed by atoms with Gasteiger partial charge in [0, 0.05) is 0 Å². The van der Waals surface area contributed by atoms with Crippen LogP contribution in [0.1, 0.15) is 5.01 Å². The molecule has 0 aliphatic carbocycles. The number of carbonyl (C=O) groups is 1. The molecule has 0 saturated carbocycles. The minimum atomic E-state index is -5.08. The standard InChI is InChI=1S/C5H5N3S2.C2HF3O2/c1-2-7-3-4(9-2)8-5(6)10-3;3-2(4,5)1(6)7/h1H3,(H2,6,8);(H,6,7). The zero-order valence-corrected chi connectivity index (χ0v) is 9.91. The number of carboxylic acid groups (broad SMARTS) is 1. The molecule has 10 heteroatoms. The van der Waals surface area contributed by atoms with Gasteiger partial charge in [0.25, 0.3) is 0 Å². The van der Waals surface area contributed by atoms with Gasteiger partial charge in [0.2, 0.25) is 0 Å². The van der Waals surface area contributed by atoms with E-state index in [0.717, 1.165) is 14.7 Å². The number of hydrogen-bond donors (Lipinski definition) is 2. The molecule has 0 radical (unpaired) electrons. The average Bonchev–Trinajstić information content (AvgIpc) is 2.58. The highest BCUT2D eigenvalue weighted by Gasteiger charge is 2.38. The summed E-state index contributed by atoms with van der Waals surface area (Å²) < 4.78 is 31.7. The van der Waals surface area contributed by atoms with Crippen molar-refractivity contribution in [1.29, 1.82) is 0 Å². The van der Waals surface area contributed by atoms with Gasteiger partial charge in [0.1, 0.15) is 0 Å². The number of fused-ring (bicyclic) bond motifs is 1. The van der Waals surface area contributed by atoms with Crippen LogP contribution in [-0.2, 0) is 4.79 Å². The molecule has 0 spiro atoms. The monoisotopic (exact) mass is 285 g/mol. The predicted octanol–water partition coefficient (Wildman–Crippen LogP) is 2.28. The summed E-state index contributed by atoms with van der Waals surface area (Å²) in [6, 6.07) is 0. The summed E-state index contributed by atoms with van der Waals surface area (Å²) in [7, 11) is 0. The number of rotatable bonds is 0. The van der Waals surface area contributed by atoms with Crippen molar-refractivity contribution in [3.8, 4) is 0 Å². The number of hydrogen-bond acceptors (Lipinski definition) is 6. The Morgan fingerprint density at radius 1 is 1.29 bits per heavy atom. The van der Waals surface area contributed by atoms with Crippen LogP contribution in [0.4, 0.5) is 18.3 Å². The van der Waals surface area contributed by atoms with Crippen LogP contribution in [0.3, 0.4) is 0 Å². The normalized spacial score (nSPS) is 11.1. The average molecular weight is 285 g/mol. The number of aryl methyl sites for hydroxylation is 1. The molecule has 5 nitrogen and oxygen atoms in total. The molecule has 0 unspecified atom stereocenters. The molecule has 2 aromatic heterocycles. The summed E-state index contributed by atoms with van der Waals surface area (Å²) in [6.45, 7) is 1.97. The van der Waals surface area contributed by atoms with Gasteiger partial charge in [-0.2, -0.15) is 13.2 Å². The molecule has 0 saturated heterocycles. The second kappa shape index (κ2) is 4.84. The van der Waals surface area contributed by atoms with Crippen molar-refractivity contribution in [2.24, 2.45) is 0 Å². The summed E-state index contributed by atoms with van der Waals surface area (Å²) >= 11 is 3.02.